The number of benzene rings is 1. The van der Waals surface area contributed by atoms with E-state index in [2.05, 4.69) is 21.2 Å². The summed E-state index contributed by atoms with van der Waals surface area (Å²) in [6.07, 6.45) is 2.19. The van der Waals surface area contributed by atoms with E-state index in [1.54, 1.807) is 0 Å². The van der Waals surface area contributed by atoms with Crippen molar-refractivity contribution in [1.29, 1.82) is 0 Å². The van der Waals surface area contributed by atoms with Gasteiger partial charge in [0.15, 0.2) is 11.5 Å². The van der Waals surface area contributed by atoms with Gasteiger partial charge in [-0.1, -0.05) is 0 Å². The molecule has 1 N–H and O–H groups in total. The molecule has 2 aliphatic rings. The summed E-state index contributed by atoms with van der Waals surface area (Å²) in [5.41, 5.74) is 0.815. The van der Waals surface area contributed by atoms with E-state index < -0.39 is 6.04 Å². The second-order valence-electron chi connectivity index (χ2n) is 4.63. The Morgan fingerprint density at radius 3 is 2.95 bits per heavy atom. The molecule has 3 rings (SSSR count). The van der Waals surface area contributed by atoms with Gasteiger partial charge in [0.05, 0.1) is 11.6 Å². The number of rotatable bonds is 4. The SMILES string of the molecule is COC(=O)C(NC1CC1)c1cc(Br)c2c(c1)OCO2. The maximum Gasteiger partial charge on any atom is 0.327 e. The Kier molecular flexibility index (Phi) is 3.36. The van der Waals surface area contributed by atoms with Crippen molar-refractivity contribution in [3.05, 3.63) is 22.2 Å². The van der Waals surface area contributed by atoms with Crippen molar-refractivity contribution in [2.75, 3.05) is 13.9 Å². The third-order valence-corrected chi connectivity index (χ3v) is 3.79. The van der Waals surface area contributed by atoms with Gasteiger partial charge in [0.25, 0.3) is 0 Å². The average molecular weight is 328 g/mol. The molecule has 19 heavy (non-hydrogen) atoms. The summed E-state index contributed by atoms with van der Waals surface area (Å²) >= 11 is 3.43. The van der Waals surface area contributed by atoms with E-state index in [0.717, 1.165) is 22.9 Å². The lowest BCUT2D eigenvalue weighted by Crippen LogP contribution is -2.31. The van der Waals surface area contributed by atoms with E-state index in [-0.39, 0.29) is 12.8 Å². The van der Waals surface area contributed by atoms with E-state index in [0.29, 0.717) is 17.5 Å². The van der Waals surface area contributed by atoms with Crippen LogP contribution in [0.4, 0.5) is 0 Å². The zero-order valence-electron chi connectivity index (χ0n) is 10.4. The molecule has 1 aromatic carbocycles. The number of carbonyl (C=O) groups is 1. The Hall–Kier alpha value is -1.27. The highest BCUT2D eigenvalue weighted by Gasteiger charge is 2.31. The summed E-state index contributed by atoms with van der Waals surface area (Å²) in [7, 11) is 1.39. The molecule has 1 heterocycles. The number of halogens is 1. The van der Waals surface area contributed by atoms with Crippen LogP contribution in [0.1, 0.15) is 24.4 Å². The Labute approximate surface area is 119 Å². The van der Waals surface area contributed by atoms with Crippen LogP contribution in [0.5, 0.6) is 11.5 Å². The number of methoxy groups -OCH3 is 1. The average Bonchev–Trinajstić information content (AvgIpc) is 3.10. The van der Waals surface area contributed by atoms with Crippen LogP contribution in [0.15, 0.2) is 16.6 Å². The van der Waals surface area contributed by atoms with Gasteiger partial charge in [-0.05, 0) is 46.5 Å². The first-order chi connectivity index (χ1) is 9.19. The van der Waals surface area contributed by atoms with E-state index in [1.165, 1.54) is 7.11 Å². The minimum atomic E-state index is -0.469. The Bertz CT molecular complexity index is 516. The van der Waals surface area contributed by atoms with Gasteiger partial charge in [-0.3, -0.25) is 5.32 Å². The fourth-order valence-electron chi connectivity index (χ4n) is 2.06. The number of hydrogen-bond donors (Lipinski definition) is 1. The van der Waals surface area contributed by atoms with Crippen molar-refractivity contribution < 1.29 is 19.0 Å². The molecule has 0 bridgehead atoms. The number of carbonyl (C=O) groups excluding carboxylic acids is 1. The zero-order chi connectivity index (χ0) is 13.4. The molecular formula is C13H14BrNO4. The summed E-state index contributed by atoms with van der Waals surface area (Å²) in [6, 6.07) is 3.62. The minimum Gasteiger partial charge on any atom is -0.468 e. The maximum absolute atomic E-state index is 11.9. The second kappa shape index (κ2) is 5.02. The first-order valence-electron chi connectivity index (χ1n) is 6.12. The molecule has 0 saturated heterocycles. The van der Waals surface area contributed by atoms with Crippen LogP contribution in [-0.2, 0) is 9.53 Å². The van der Waals surface area contributed by atoms with Crippen LogP contribution in [0.3, 0.4) is 0 Å². The van der Waals surface area contributed by atoms with Gasteiger partial charge >= 0.3 is 5.97 Å². The van der Waals surface area contributed by atoms with E-state index in [1.807, 2.05) is 12.1 Å². The van der Waals surface area contributed by atoms with Crippen LogP contribution < -0.4 is 14.8 Å². The molecule has 1 unspecified atom stereocenters. The van der Waals surface area contributed by atoms with Crippen molar-refractivity contribution >= 4 is 21.9 Å². The summed E-state index contributed by atoms with van der Waals surface area (Å²) in [6.45, 7) is 0.205. The molecule has 1 aromatic rings. The van der Waals surface area contributed by atoms with Gasteiger partial charge in [-0.15, -0.1) is 0 Å². The smallest absolute Gasteiger partial charge is 0.327 e. The Morgan fingerprint density at radius 2 is 2.26 bits per heavy atom. The van der Waals surface area contributed by atoms with Crippen molar-refractivity contribution in [3.63, 3.8) is 0 Å². The molecule has 0 aromatic heterocycles. The number of ether oxygens (including phenoxy) is 3. The molecule has 102 valence electrons. The Balaban J connectivity index is 1.92. The molecule has 1 aliphatic carbocycles. The molecule has 0 spiro atoms. The quantitative estimate of drug-likeness (QED) is 0.859. The lowest BCUT2D eigenvalue weighted by Gasteiger charge is -2.17. The second-order valence-corrected chi connectivity index (χ2v) is 5.49. The van der Waals surface area contributed by atoms with Crippen LogP contribution in [-0.4, -0.2) is 25.9 Å². The largest absolute Gasteiger partial charge is 0.468 e. The molecule has 1 fully saturated rings. The standard InChI is InChI=1S/C13H14BrNO4/c1-17-13(16)11(15-8-2-3-8)7-4-9(14)12-10(5-7)18-6-19-12/h4-5,8,11,15H,2-3,6H2,1H3. The summed E-state index contributed by atoms with van der Waals surface area (Å²) in [5.74, 6) is 1.03. The van der Waals surface area contributed by atoms with Gasteiger partial charge in [0.1, 0.15) is 6.04 Å². The summed E-state index contributed by atoms with van der Waals surface area (Å²) < 4.78 is 16.4. The van der Waals surface area contributed by atoms with Gasteiger partial charge < -0.3 is 14.2 Å². The van der Waals surface area contributed by atoms with Crippen LogP contribution in [0.25, 0.3) is 0 Å². The van der Waals surface area contributed by atoms with Crippen LogP contribution in [0, 0.1) is 0 Å². The van der Waals surface area contributed by atoms with Gasteiger partial charge in [0.2, 0.25) is 6.79 Å². The molecule has 6 heteroatoms. The summed E-state index contributed by atoms with van der Waals surface area (Å²) in [5, 5.41) is 3.28. The zero-order valence-corrected chi connectivity index (χ0v) is 12.0. The molecule has 1 atom stereocenters. The normalized spacial score (nSPS) is 18.2. The first kappa shape index (κ1) is 12.7. The third-order valence-electron chi connectivity index (χ3n) is 3.20. The first-order valence-corrected chi connectivity index (χ1v) is 6.91. The highest BCUT2D eigenvalue weighted by Crippen LogP contribution is 2.41. The highest BCUT2D eigenvalue weighted by molar-refractivity contribution is 9.10. The number of nitrogens with one attached hydrogen (secondary N) is 1. The number of hydrogen-bond acceptors (Lipinski definition) is 5. The predicted octanol–water partition coefficient (Wildman–Crippen LogP) is 2.14. The lowest BCUT2D eigenvalue weighted by atomic mass is 10.1. The van der Waals surface area contributed by atoms with Crippen molar-refractivity contribution in [1.82, 2.24) is 5.32 Å². The van der Waals surface area contributed by atoms with Crippen LogP contribution in [0.2, 0.25) is 0 Å². The van der Waals surface area contributed by atoms with E-state index >= 15 is 0 Å². The van der Waals surface area contributed by atoms with Crippen LogP contribution >= 0.6 is 15.9 Å². The summed E-state index contributed by atoms with van der Waals surface area (Å²) in [4.78, 5) is 11.9. The third kappa shape index (κ3) is 2.55. The molecular weight excluding hydrogens is 314 g/mol. The predicted molar refractivity (Wildman–Crippen MR) is 71.2 cm³/mol. The van der Waals surface area contributed by atoms with Gasteiger partial charge in [-0.2, -0.15) is 0 Å². The molecule has 1 saturated carbocycles. The lowest BCUT2D eigenvalue weighted by molar-refractivity contribution is -0.143. The number of esters is 1. The van der Waals surface area contributed by atoms with Crippen molar-refractivity contribution in [3.8, 4) is 11.5 Å². The fourth-order valence-corrected chi connectivity index (χ4v) is 2.63. The van der Waals surface area contributed by atoms with E-state index in [9.17, 15) is 4.79 Å². The van der Waals surface area contributed by atoms with Crippen molar-refractivity contribution in [2.24, 2.45) is 0 Å². The number of fused-ring (bicyclic) bond motifs is 1. The van der Waals surface area contributed by atoms with E-state index in [4.69, 9.17) is 14.2 Å². The minimum absolute atomic E-state index is 0.205. The topological polar surface area (TPSA) is 56.8 Å². The molecule has 1 aliphatic heterocycles. The Morgan fingerprint density at radius 1 is 1.47 bits per heavy atom. The molecule has 0 radical (unpaired) electrons. The van der Waals surface area contributed by atoms with Crippen molar-refractivity contribution in [2.45, 2.75) is 24.9 Å². The van der Waals surface area contributed by atoms with Gasteiger partial charge in [0, 0.05) is 6.04 Å². The molecule has 5 nitrogen and oxygen atoms in total. The highest BCUT2D eigenvalue weighted by atomic mass is 79.9. The molecule has 0 amide bonds. The van der Waals surface area contributed by atoms with Gasteiger partial charge in [-0.25, -0.2) is 4.79 Å². The monoisotopic (exact) mass is 327 g/mol. The maximum atomic E-state index is 11.9. The fraction of sp³-hybridized carbons (Fsp3) is 0.462.